The summed E-state index contributed by atoms with van der Waals surface area (Å²) >= 11 is 0. The lowest BCUT2D eigenvalue weighted by atomic mass is 9.97. The summed E-state index contributed by atoms with van der Waals surface area (Å²) in [6.07, 6.45) is -1.96. The molecule has 1 aliphatic heterocycles. The monoisotopic (exact) mass is 1520 g/mol. The van der Waals surface area contributed by atoms with E-state index in [0.29, 0.717) is 41.2 Å². The molecule has 2 aromatic carbocycles. The van der Waals surface area contributed by atoms with Crippen LogP contribution in [0.3, 0.4) is 0 Å². The second-order valence-corrected chi connectivity index (χ2v) is 27.5. The zero-order valence-corrected chi connectivity index (χ0v) is 61.7. The number of carboxylic acid groups (broad SMARTS) is 2. The molecule has 0 spiro atoms. The van der Waals surface area contributed by atoms with E-state index in [1.54, 1.807) is 96.1 Å². The van der Waals surface area contributed by atoms with E-state index in [9.17, 15) is 97.1 Å². The number of aromatic nitrogens is 1. The Balaban J connectivity index is 1.67. The molecule has 14 amide bonds. The summed E-state index contributed by atoms with van der Waals surface area (Å²) in [6.45, 7) is 10.5. The molecule has 0 unspecified atom stereocenters. The summed E-state index contributed by atoms with van der Waals surface area (Å²) in [7, 11) is 0. The van der Waals surface area contributed by atoms with Crippen LogP contribution >= 0.6 is 0 Å². The number of carbonyl (C=O) groups excluding carboxylic acids is 15. The largest absolute Gasteiger partial charge is 0.481 e. The zero-order valence-electron chi connectivity index (χ0n) is 61.7. The predicted molar refractivity (Wildman–Crippen MR) is 387 cm³/mol. The van der Waals surface area contributed by atoms with Crippen LogP contribution in [0, 0.1) is 17.8 Å². The van der Waals surface area contributed by atoms with Crippen molar-refractivity contribution in [3.05, 3.63) is 71.9 Å². The van der Waals surface area contributed by atoms with Crippen molar-refractivity contribution >= 4 is 112 Å². The second kappa shape index (κ2) is 44.2. The highest BCUT2D eigenvalue weighted by molar-refractivity contribution is 6.01. The molecule has 594 valence electrons. The average molecular weight is 1520 g/mol. The summed E-state index contributed by atoms with van der Waals surface area (Å²) in [5.41, 5.74) is 12.7. The fourth-order valence-corrected chi connectivity index (χ4v) is 11.6. The maximum absolute atomic E-state index is 15.1. The van der Waals surface area contributed by atoms with Gasteiger partial charge < -0.3 is 110 Å². The fourth-order valence-electron chi connectivity index (χ4n) is 11.6. The number of benzene rings is 2. The number of H-pyrrole nitrogens is 1. The molecular formula is C71H104N16O21. The quantitative estimate of drug-likeness (QED) is 0.0238. The third-order valence-corrected chi connectivity index (χ3v) is 17.6. The van der Waals surface area contributed by atoms with Gasteiger partial charge in [-0.25, -0.2) is 0 Å². The maximum Gasteiger partial charge on any atom is 0.303 e. The van der Waals surface area contributed by atoms with E-state index in [4.69, 9.17) is 11.5 Å². The van der Waals surface area contributed by atoms with Crippen LogP contribution in [0.1, 0.15) is 131 Å². The standard InChI is InChI=1S/C71H104N16O21/c1-9-38(6)59(86-70(107)54-20-15-25-87(54)56(92)32-75-60(97)40(8)72)71(108)85-53(35-90)69(106)80-47(26-36(2)3)63(100)83-51(30-55(73)91)67(104)82-50(29-42-31-74-44-19-14-13-18-43(42)44)66(103)81-49(28-41-16-11-10-12-17-41)65(102)78-45(21-23-57(93)94)61(98)77-46(22-24-58(95)96)62(99)79-48(27-37(4)5)64(101)84-52(34-89)68(105)76-39(7)33-88/h10-14,16-19,31,33,36-40,45-54,59,74,89-90H,9,15,20-30,32,34-35,72H2,1-8H3,(H2,73,91)(H,75,97)(H,76,105)(H,77,98)(H,78,102)(H,79,99)(H,80,106)(H,81,103)(H,82,104)(H,83,100)(H,84,101)(H,85,108)(H,86,107)(H,93,94)(H,95,96)/t38-,39-,40-,45-,46-,47-,48-,49-,50-,51-,52-,53-,54-,59-/m0/s1. The second-order valence-electron chi connectivity index (χ2n) is 27.5. The fraction of sp³-hybridized carbons (Fsp3) is 0.563. The molecule has 37 heteroatoms. The van der Waals surface area contributed by atoms with Gasteiger partial charge >= 0.3 is 11.9 Å². The van der Waals surface area contributed by atoms with Gasteiger partial charge in [0.15, 0.2) is 0 Å². The van der Waals surface area contributed by atoms with Gasteiger partial charge in [-0.15, -0.1) is 0 Å². The topological polar surface area (TPSA) is 587 Å². The number of hydrogen-bond acceptors (Lipinski definition) is 20. The summed E-state index contributed by atoms with van der Waals surface area (Å²) in [6, 6.07) is -5.02. The molecule has 37 nitrogen and oxygen atoms in total. The summed E-state index contributed by atoms with van der Waals surface area (Å²) in [4.78, 5) is 234. The smallest absolute Gasteiger partial charge is 0.303 e. The number of primary amides is 1. The molecule has 108 heavy (non-hydrogen) atoms. The van der Waals surface area contributed by atoms with Crippen LogP contribution in [0.5, 0.6) is 0 Å². The van der Waals surface area contributed by atoms with Crippen molar-refractivity contribution in [1.29, 1.82) is 0 Å². The number of likely N-dealkylation sites (tertiary alicyclic amines) is 1. The first-order valence-corrected chi connectivity index (χ1v) is 35.7. The Kier molecular flexibility index (Phi) is 36.6. The average Bonchev–Trinajstić information content (AvgIpc) is 1.65. The number of aromatic amines is 1. The van der Waals surface area contributed by atoms with Crippen LogP contribution in [0.15, 0.2) is 60.8 Å². The van der Waals surface area contributed by atoms with Gasteiger partial charge in [0.2, 0.25) is 82.7 Å². The third kappa shape index (κ3) is 29.1. The molecule has 0 radical (unpaired) electrons. The van der Waals surface area contributed by atoms with Crippen LogP contribution < -0.4 is 75.3 Å². The zero-order chi connectivity index (χ0) is 80.6. The Bertz CT molecular complexity index is 3670. The summed E-state index contributed by atoms with van der Waals surface area (Å²) in [5, 5.41) is 70.0. The Morgan fingerprint density at radius 2 is 0.972 bits per heavy atom. The Morgan fingerprint density at radius 3 is 1.46 bits per heavy atom. The molecule has 1 fully saturated rings. The number of aliphatic hydroxyl groups excluding tert-OH is 2. The van der Waals surface area contributed by atoms with E-state index in [2.05, 4.69) is 68.8 Å². The number of nitrogens with zero attached hydrogens (tertiary/aromatic N) is 1. The van der Waals surface area contributed by atoms with E-state index in [0.717, 1.165) is 0 Å². The third-order valence-electron chi connectivity index (χ3n) is 17.6. The molecule has 1 aliphatic rings. The maximum atomic E-state index is 15.1. The first-order chi connectivity index (χ1) is 51.0. The Hall–Kier alpha value is -10.9. The van der Waals surface area contributed by atoms with Gasteiger partial charge in [0.05, 0.1) is 38.3 Å². The van der Waals surface area contributed by atoms with Crippen LogP contribution in [-0.4, -0.2) is 236 Å². The van der Waals surface area contributed by atoms with Gasteiger partial charge in [0.1, 0.15) is 72.7 Å². The number of carbonyl (C=O) groups is 17. The number of para-hydroxylation sites is 1. The minimum Gasteiger partial charge on any atom is -0.481 e. The molecule has 3 aromatic rings. The minimum atomic E-state index is -1.92. The van der Waals surface area contributed by atoms with Gasteiger partial charge in [-0.3, -0.25) is 76.7 Å². The number of nitrogens with one attached hydrogen (secondary N) is 13. The number of hydrogen-bond donors (Lipinski definition) is 19. The van der Waals surface area contributed by atoms with E-state index in [-0.39, 0.29) is 44.6 Å². The molecule has 1 saturated heterocycles. The molecule has 14 atom stereocenters. The molecular weight excluding hydrogens is 1410 g/mol. The van der Waals surface area contributed by atoms with Crippen LogP contribution in [0.25, 0.3) is 10.9 Å². The van der Waals surface area contributed by atoms with Gasteiger partial charge in [0.25, 0.3) is 0 Å². The Labute approximate surface area is 623 Å². The minimum absolute atomic E-state index is 0.119. The number of aldehydes is 1. The number of aliphatic carboxylic acids is 2. The summed E-state index contributed by atoms with van der Waals surface area (Å²) < 4.78 is 0. The number of nitrogens with two attached hydrogens (primary N) is 2. The van der Waals surface area contributed by atoms with Crippen molar-refractivity contribution in [2.45, 2.75) is 211 Å². The van der Waals surface area contributed by atoms with Gasteiger partial charge in [-0.05, 0) is 87.3 Å². The van der Waals surface area contributed by atoms with Crippen LogP contribution in [-0.2, 0) is 94.3 Å². The number of fused-ring (bicyclic) bond motifs is 1. The van der Waals surface area contributed by atoms with Crippen LogP contribution in [0.2, 0.25) is 0 Å². The molecule has 0 bridgehead atoms. The molecule has 1 aromatic heterocycles. The lowest BCUT2D eigenvalue weighted by Crippen LogP contribution is -2.62. The number of amides is 14. The number of carboxylic acids is 2. The normalized spacial score (nSPS) is 16.2. The highest BCUT2D eigenvalue weighted by atomic mass is 16.4. The van der Waals surface area contributed by atoms with Gasteiger partial charge in [-0.2, -0.15) is 0 Å². The SMILES string of the molecule is CC[C@H](C)[C@H](NC(=O)[C@@H]1CCCN1C(=O)CNC(=O)[C@H](C)N)C(=O)N[C@@H](CO)C(=O)N[C@@H](CC(C)C)C(=O)N[C@@H](CC(N)=O)C(=O)N[C@@H](Cc1c[nH]c2ccccc12)C(=O)N[C@@H](Cc1ccccc1)C(=O)N[C@@H](CCC(=O)O)C(=O)N[C@@H](CCC(=O)O)C(=O)N[C@@H](CC(C)C)C(=O)N[C@@H](CO)C(=O)N[C@@H](C)C=O. The molecule has 21 N–H and O–H groups in total. The van der Waals surface area contributed by atoms with Crippen LogP contribution in [0.4, 0.5) is 0 Å². The van der Waals surface area contributed by atoms with Crippen molar-refractivity contribution in [1.82, 2.24) is 73.7 Å². The van der Waals surface area contributed by atoms with E-state index in [1.807, 2.05) is 0 Å². The predicted octanol–water partition coefficient (Wildman–Crippen LogP) is -4.31. The van der Waals surface area contributed by atoms with E-state index >= 15 is 4.79 Å². The van der Waals surface area contributed by atoms with Crippen molar-refractivity contribution in [2.75, 3.05) is 26.3 Å². The first-order valence-electron chi connectivity index (χ1n) is 35.7. The molecule has 0 aliphatic carbocycles. The van der Waals surface area contributed by atoms with Crippen molar-refractivity contribution in [3.63, 3.8) is 0 Å². The lowest BCUT2D eigenvalue weighted by molar-refractivity contribution is -0.140. The van der Waals surface area contributed by atoms with E-state index in [1.165, 1.54) is 24.9 Å². The number of rotatable bonds is 46. The van der Waals surface area contributed by atoms with Crippen molar-refractivity contribution in [3.8, 4) is 0 Å². The van der Waals surface area contributed by atoms with Crippen molar-refractivity contribution < 1.29 is 102 Å². The van der Waals surface area contributed by atoms with E-state index < -0.39 is 237 Å². The Morgan fingerprint density at radius 1 is 0.537 bits per heavy atom. The van der Waals surface area contributed by atoms with Crippen molar-refractivity contribution in [2.24, 2.45) is 29.2 Å². The van der Waals surface area contributed by atoms with Gasteiger partial charge in [-0.1, -0.05) is 96.5 Å². The number of aliphatic hydroxyl groups is 2. The lowest BCUT2D eigenvalue weighted by Gasteiger charge is -2.30. The highest BCUT2D eigenvalue weighted by Crippen LogP contribution is 2.22. The molecule has 0 saturated carbocycles. The summed E-state index contributed by atoms with van der Waals surface area (Å²) in [5.74, 6) is -18.2. The highest BCUT2D eigenvalue weighted by Gasteiger charge is 2.41. The van der Waals surface area contributed by atoms with Gasteiger partial charge in [0, 0.05) is 49.3 Å². The molecule has 4 rings (SSSR count). The first kappa shape index (κ1) is 89.4. The molecule has 2 heterocycles.